The molecule has 2 aliphatic heterocycles. The number of amides is 1. The van der Waals surface area contributed by atoms with E-state index in [0.717, 1.165) is 24.4 Å². The Morgan fingerprint density at radius 2 is 1.86 bits per heavy atom. The topological polar surface area (TPSA) is 97.6 Å². The molecule has 4 heterocycles. The molecule has 0 radical (unpaired) electrons. The number of sulfonamides is 1. The van der Waals surface area contributed by atoms with Crippen LogP contribution in [0.2, 0.25) is 0 Å². The Hall–Kier alpha value is -3.52. The Morgan fingerprint density at radius 1 is 1.14 bits per heavy atom. The Balaban J connectivity index is 1.35. The summed E-state index contributed by atoms with van der Waals surface area (Å²) in [5.41, 5.74) is -1.51. The largest absolute Gasteiger partial charge is 0.480 e. The van der Waals surface area contributed by atoms with Crippen molar-refractivity contribution in [1.82, 2.24) is 24.0 Å². The van der Waals surface area contributed by atoms with Crippen LogP contribution in [0.15, 0.2) is 53.7 Å². The zero-order chi connectivity index (χ0) is 26.6. The molecule has 0 saturated carbocycles. The number of rotatable bonds is 6. The number of carbonyl (C=O) groups excluding carboxylic acids is 1. The van der Waals surface area contributed by atoms with Crippen LogP contribution in [-0.2, 0) is 27.5 Å². The van der Waals surface area contributed by atoms with Gasteiger partial charge in [-0.15, -0.1) is 5.10 Å². The summed E-state index contributed by atoms with van der Waals surface area (Å²) >= 11 is 0. The molecule has 0 N–H and O–H groups in total. The van der Waals surface area contributed by atoms with Gasteiger partial charge in [0.2, 0.25) is 21.8 Å². The third-order valence-electron chi connectivity index (χ3n) is 6.58. The second-order valence-corrected chi connectivity index (χ2v) is 10.7. The first-order valence-electron chi connectivity index (χ1n) is 11.2. The Bertz CT molecular complexity index is 1440. The molecule has 37 heavy (non-hydrogen) atoms. The number of β-lactam (4-membered cyclic amide) rings is 1. The summed E-state index contributed by atoms with van der Waals surface area (Å²) in [6.07, 6.45) is -1.17. The SMILES string of the molecule is COc1nn(-c2ccc(C(F)(F)F)nc2)cc1CN1CC2(CCCN2S(=O)(=O)c2ccc(F)cc2)C1=O. The van der Waals surface area contributed by atoms with Crippen LogP contribution in [0, 0.1) is 5.82 Å². The summed E-state index contributed by atoms with van der Waals surface area (Å²) in [4.78, 5) is 18.1. The third kappa shape index (κ3) is 4.23. The van der Waals surface area contributed by atoms with E-state index in [1.54, 1.807) is 0 Å². The molecule has 5 rings (SSSR count). The first-order valence-corrected chi connectivity index (χ1v) is 12.6. The minimum atomic E-state index is -4.57. The van der Waals surface area contributed by atoms with Gasteiger partial charge < -0.3 is 9.64 Å². The molecule has 2 saturated heterocycles. The van der Waals surface area contributed by atoms with Crippen LogP contribution in [0.4, 0.5) is 17.6 Å². The number of methoxy groups -OCH3 is 1. The van der Waals surface area contributed by atoms with Crippen LogP contribution in [-0.4, -0.2) is 64.0 Å². The van der Waals surface area contributed by atoms with Crippen LogP contribution in [0.3, 0.4) is 0 Å². The van der Waals surface area contributed by atoms with E-state index in [9.17, 15) is 30.8 Å². The Morgan fingerprint density at radius 3 is 2.46 bits per heavy atom. The monoisotopic (exact) mass is 539 g/mol. The van der Waals surface area contributed by atoms with Crippen molar-refractivity contribution in [2.24, 2.45) is 0 Å². The van der Waals surface area contributed by atoms with Crippen molar-refractivity contribution in [2.75, 3.05) is 20.2 Å². The van der Waals surface area contributed by atoms with Gasteiger partial charge in [-0.05, 0) is 49.2 Å². The summed E-state index contributed by atoms with van der Waals surface area (Å²) in [5.74, 6) is -0.778. The lowest BCUT2D eigenvalue weighted by molar-refractivity contribution is -0.157. The van der Waals surface area contributed by atoms with Gasteiger partial charge in [0.05, 0.1) is 36.0 Å². The van der Waals surface area contributed by atoms with Crippen molar-refractivity contribution in [3.8, 4) is 11.6 Å². The van der Waals surface area contributed by atoms with Gasteiger partial charge in [-0.25, -0.2) is 22.5 Å². The predicted molar refractivity (Wildman–Crippen MR) is 121 cm³/mol. The van der Waals surface area contributed by atoms with Gasteiger partial charge in [0.25, 0.3) is 0 Å². The molecule has 14 heteroatoms. The van der Waals surface area contributed by atoms with E-state index in [-0.39, 0.29) is 42.0 Å². The van der Waals surface area contributed by atoms with E-state index in [1.807, 2.05) is 0 Å². The molecule has 196 valence electrons. The highest BCUT2D eigenvalue weighted by Crippen LogP contribution is 2.43. The first-order chi connectivity index (χ1) is 17.5. The average Bonchev–Trinajstić information content (AvgIpc) is 3.50. The maximum atomic E-state index is 13.3. The summed E-state index contributed by atoms with van der Waals surface area (Å²) in [7, 11) is -2.65. The predicted octanol–water partition coefficient (Wildman–Crippen LogP) is 3.00. The molecule has 1 amide bonds. The van der Waals surface area contributed by atoms with Crippen LogP contribution < -0.4 is 4.74 Å². The summed E-state index contributed by atoms with van der Waals surface area (Å²) in [6.45, 7) is 0.367. The van der Waals surface area contributed by atoms with Crippen molar-refractivity contribution >= 4 is 15.9 Å². The highest BCUT2D eigenvalue weighted by molar-refractivity contribution is 7.89. The van der Waals surface area contributed by atoms with Gasteiger partial charge in [-0.3, -0.25) is 4.79 Å². The molecule has 3 aromatic rings. The number of nitrogens with zero attached hydrogens (tertiary/aromatic N) is 5. The number of alkyl halides is 3. The molecule has 1 atom stereocenters. The maximum Gasteiger partial charge on any atom is 0.433 e. The minimum Gasteiger partial charge on any atom is -0.480 e. The molecule has 1 spiro atoms. The number of aromatic nitrogens is 3. The van der Waals surface area contributed by atoms with E-state index >= 15 is 0 Å². The van der Waals surface area contributed by atoms with Crippen LogP contribution in [0.1, 0.15) is 24.1 Å². The molecule has 2 aromatic heterocycles. The summed E-state index contributed by atoms with van der Waals surface area (Å²) < 4.78 is 86.0. The number of likely N-dealkylation sites (tertiary alicyclic amines) is 1. The number of benzene rings is 1. The van der Waals surface area contributed by atoms with Crippen LogP contribution in [0.5, 0.6) is 5.88 Å². The van der Waals surface area contributed by atoms with E-state index in [0.29, 0.717) is 18.4 Å². The number of carbonyl (C=O) groups is 1. The Kier molecular flexibility index (Phi) is 5.98. The number of halogens is 4. The maximum absolute atomic E-state index is 13.3. The van der Waals surface area contributed by atoms with Gasteiger partial charge in [-0.2, -0.15) is 17.5 Å². The lowest BCUT2D eigenvalue weighted by Gasteiger charge is -2.50. The molecule has 1 unspecified atom stereocenters. The van der Waals surface area contributed by atoms with E-state index in [1.165, 1.54) is 45.4 Å². The molecular weight excluding hydrogens is 518 g/mol. The fraction of sp³-hybridized carbons (Fsp3) is 0.348. The lowest BCUT2D eigenvalue weighted by atomic mass is 9.86. The molecule has 0 bridgehead atoms. The smallest absolute Gasteiger partial charge is 0.433 e. The normalized spacial score (nSPS) is 20.5. The average molecular weight is 540 g/mol. The number of hydrogen-bond acceptors (Lipinski definition) is 6. The van der Waals surface area contributed by atoms with Crippen molar-refractivity contribution in [3.05, 3.63) is 65.9 Å². The summed E-state index contributed by atoms with van der Waals surface area (Å²) in [6, 6.07) is 6.51. The minimum absolute atomic E-state index is 0.0578. The van der Waals surface area contributed by atoms with Crippen LogP contribution in [0.25, 0.3) is 5.69 Å². The zero-order valence-corrected chi connectivity index (χ0v) is 20.3. The molecule has 9 nitrogen and oxygen atoms in total. The van der Waals surface area contributed by atoms with E-state index in [2.05, 4.69) is 10.1 Å². The second kappa shape index (κ2) is 8.80. The molecule has 1 aromatic carbocycles. The van der Waals surface area contributed by atoms with Crippen molar-refractivity contribution < 1.29 is 35.5 Å². The molecule has 2 fully saturated rings. The first kappa shape index (κ1) is 25.1. The van der Waals surface area contributed by atoms with Gasteiger partial charge in [0, 0.05) is 19.3 Å². The number of ether oxygens (including phenoxy) is 1. The fourth-order valence-corrected chi connectivity index (χ4v) is 6.59. The van der Waals surface area contributed by atoms with Gasteiger partial charge >= 0.3 is 6.18 Å². The molecule has 0 aliphatic carbocycles. The lowest BCUT2D eigenvalue weighted by Crippen LogP contribution is -2.72. The number of hydrogen-bond donors (Lipinski definition) is 0. The standard InChI is InChI=1S/C23H21F4N5O4S/c1-36-20-15(13-31(29-20)17-5-8-19(28-11-17)23(25,26)27)12-30-14-22(21(30)33)9-2-10-32(22)37(34,35)18-6-3-16(24)4-7-18/h3-8,11,13H,2,9-10,12,14H2,1H3. The van der Waals surface area contributed by atoms with Gasteiger partial charge in [-0.1, -0.05) is 0 Å². The van der Waals surface area contributed by atoms with E-state index < -0.39 is 33.2 Å². The summed E-state index contributed by atoms with van der Waals surface area (Å²) in [5, 5.41) is 4.22. The third-order valence-corrected chi connectivity index (χ3v) is 8.56. The number of pyridine rings is 1. The fourth-order valence-electron chi connectivity index (χ4n) is 4.80. The van der Waals surface area contributed by atoms with E-state index in [4.69, 9.17) is 4.74 Å². The van der Waals surface area contributed by atoms with Crippen LogP contribution >= 0.6 is 0 Å². The molecular formula is C23H21F4N5O4S. The highest BCUT2D eigenvalue weighted by Gasteiger charge is 2.61. The van der Waals surface area contributed by atoms with Crippen molar-refractivity contribution in [2.45, 2.75) is 36.0 Å². The molecule has 2 aliphatic rings. The second-order valence-electron chi connectivity index (χ2n) is 8.84. The van der Waals surface area contributed by atoms with Crippen molar-refractivity contribution in [3.63, 3.8) is 0 Å². The van der Waals surface area contributed by atoms with Gasteiger partial charge in [0.15, 0.2) is 0 Å². The van der Waals surface area contributed by atoms with Gasteiger partial charge in [0.1, 0.15) is 17.1 Å². The highest BCUT2D eigenvalue weighted by atomic mass is 32.2. The quantitative estimate of drug-likeness (QED) is 0.353. The Labute approximate surface area is 209 Å². The zero-order valence-electron chi connectivity index (χ0n) is 19.4. The van der Waals surface area contributed by atoms with Crippen molar-refractivity contribution in [1.29, 1.82) is 0 Å².